The average Bonchev–Trinajstić information content (AvgIpc) is 3.54. The Morgan fingerprint density at radius 3 is 2.66 bits per heavy atom. The van der Waals surface area contributed by atoms with E-state index >= 15 is 0 Å². The topological polar surface area (TPSA) is 71.5 Å². The van der Waals surface area contributed by atoms with Crippen molar-refractivity contribution in [1.29, 1.82) is 0 Å². The number of nitrogens with zero attached hydrogens (tertiary/aromatic N) is 1. The number of rotatable bonds is 6. The lowest BCUT2D eigenvalue weighted by Crippen LogP contribution is -2.45. The first kappa shape index (κ1) is 20.5. The Balaban J connectivity index is 1.60. The van der Waals surface area contributed by atoms with E-state index in [1.807, 2.05) is 6.07 Å². The molecule has 4 rings (SSSR count). The van der Waals surface area contributed by atoms with Crippen molar-refractivity contribution >= 4 is 29.1 Å². The van der Waals surface area contributed by atoms with Crippen molar-refractivity contribution in [2.45, 2.75) is 50.7 Å². The molecule has 5 nitrogen and oxygen atoms in total. The van der Waals surface area contributed by atoms with Crippen LogP contribution in [0.4, 0.5) is 0 Å². The summed E-state index contributed by atoms with van der Waals surface area (Å²) in [6, 6.07) is 6.84. The van der Waals surface area contributed by atoms with Gasteiger partial charge in [-0.3, -0.25) is 4.79 Å². The third-order valence-electron chi connectivity index (χ3n) is 5.54. The predicted octanol–water partition coefficient (Wildman–Crippen LogP) is 4.88. The maximum absolute atomic E-state index is 12.8. The number of aromatic nitrogens is 1. The molecule has 2 saturated carbocycles. The summed E-state index contributed by atoms with van der Waals surface area (Å²) < 4.78 is 5.93. The molecular formula is C22H24Cl2N2O3. The van der Waals surface area contributed by atoms with E-state index in [9.17, 15) is 9.90 Å². The molecule has 0 spiro atoms. The minimum Gasteiger partial charge on any atom is -0.477 e. The predicted molar refractivity (Wildman–Crippen MR) is 114 cm³/mol. The van der Waals surface area contributed by atoms with Gasteiger partial charge < -0.3 is 15.2 Å². The van der Waals surface area contributed by atoms with Crippen LogP contribution in [-0.2, 0) is 0 Å². The SMILES string of the molecule is O=C(NC1CCCCC1O)c1cnc(OCC2CC2)c(-c2ccc(Cl)c(Cl)c2)c1. The second-order valence-corrected chi connectivity index (χ2v) is 8.71. The number of carbonyl (C=O) groups is 1. The first-order valence-electron chi connectivity index (χ1n) is 10.1. The fourth-order valence-corrected chi connectivity index (χ4v) is 3.87. The highest BCUT2D eigenvalue weighted by Crippen LogP contribution is 2.35. The van der Waals surface area contributed by atoms with E-state index in [0.717, 1.165) is 24.8 Å². The van der Waals surface area contributed by atoms with E-state index in [2.05, 4.69) is 10.3 Å². The van der Waals surface area contributed by atoms with Crippen LogP contribution in [0, 0.1) is 5.92 Å². The first-order valence-corrected chi connectivity index (χ1v) is 10.8. The number of hydrogen-bond acceptors (Lipinski definition) is 4. The van der Waals surface area contributed by atoms with Crippen molar-refractivity contribution in [2.75, 3.05) is 6.61 Å². The van der Waals surface area contributed by atoms with E-state index in [1.54, 1.807) is 18.2 Å². The molecule has 29 heavy (non-hydrogen) atoms. The monoisotopic (exact) mass is 434 g/mol. The molecule has 154 valence electrons. The van der Waals surface area contributed by atoms with Gasteiger partial charge in [0.2, 0.25) is 5.88 Å². The molecule has 1 heterocycles. The van der Waals surface area contributed by atoms with Gasteiger partial charge in [0.25, 0.3) is 5.91 Å². The van der Waals surface area contributed by atoms with Crippen molar-refractivity contribution in [3.8, 4) is 17.0 Å². The molecule has 2 aromatic rings. The molecule has 2 fully saturated rings. The molecule has 2 aliphatic carbocycles. The van der Waals surface area contributed by atoms with Crippen LogP contribution in [0.1, 0.15) is 48.9 Å². The van der Waals surface area contributed by atoms with Gasteiger partial charge in [0.1, 0.15) is 0 Å². The van der Waals surface area contributed by atoms with Crippen LogP contribution in [0.25, 0.3) is 11.1 Å². The quantitative estimate of drug-likeness (QED) is 0.679. The van der Waals surface area contributed by atoms with E-state index in [-0.39, 0.29) is 11.9 Å². The van der Waals surface area contributed by atoms with Gasteiger partial charge in [0.05, 0.1) is 34.4 Å². The average molecular weight is 435 g/mol. The normalized spacial score (nSPS) is 21.6. The van der Waals surface area contributed by atoms with Crippen LogP contribution < -0.4 is 10.1 Å². The van der Waals surface area contributed by atoms with Crippen molar-refractivity contribution < 1.29 is 14.6 Å². The van der Waals surface area contributed by atoms with Gasteiger partial charge in [-0.05, 0) is 55.4 Å². The summed E-state index contributed by atoms with van der Waals surface area (Å²) in [4.78, 5) is 17.2. The maximum Gasteiger partial charge on any atom is 0.253 e. The smallest absolute Gasteiger partial charge is 0.253 e. The highest BCUT2D eigenvalue weighted by atomic mass is 35.5. The zero-order chi connectivity index (χ0) is 20.4. The Hall–Kier alpha value is -1.82. The number of halogens is 2. The zero-order valence-electron chi connectivity index (χ0n) is 16.0. The molecule has 1 aromatic carbocycles. The lowest BCUT2D eigenvalue weighted by Gasteiger charge is -2.28. The minimum atomic E-state index is -0.503. The second-order valence-electron chi connectivity index (χ2n) is 7.89. The molecule has 2 N–H and O–H groups in total. The molecule has 0 radical (unpaired) electrons. The van der Waals surface area contributed by atoms with E-state index in [0.29, 0.717) is 46.0 Å². The Labute approximate surface area is 180 Å². The summed E-state index contributed by atoms with van der Waals surface area (Å²) in [6.45, 7) is 0.612. The molecule has 2 aliphatic rings. The highest BCUT2D eigenvalue weighted by Gasteiger charge is 2.26. The van der Waals surface area contributed by atoms with Crippen LogP contribution in [0.15, 0.2) is 30.5 Å². The maximum atomic E-state index is 12.8. The Bertz CT molecular complexity index is 902. The van der Waals surface area contributed by atoms with E-state index < -0.39 is 6.10 Å². The van der Waals surface area contributed by atoms with Crippen LogP contribution >= 0.6 is 23.2 Å². The third kappa shape index (κ3) is 5.03. The number of amides is 1. The minimum absolute atomic E-state index is 0.226. The van der Waals surface area contributed by atoms with Gasteiger partial charge in [0, 0.05) is 11.8 Å². The number of hydrogen-bond donors (Lipinski definition) is 2. The van der Waals surface area contributed by atoms with Gasteiger partial charge in [-0.2, -0.15) is 0 Å². The summed E-state index contributed by atoms with van der Waals surface area (Å²) in [5.41, 5.74) is 1.90. The molecule has 1 aromatic heterocycles. The molecule has 2 unspecified atom stereocenters. The fraction of sp³-hybridized carbons (Fsp3) is 0.455. The molecule has 0 aliphatic heterocycles. The van der Waals surface area contributed by atoms with Gasteiger partial charge in [-0.15, -0.1) is 0 Å². The fourth-order valence-electron chi connectivity index (χ4n) is 3.57. The van der Waals surface area contributed by atoms with Crippen molar-refractivity contribution in [1.82, 2.24) is 10.3 Å². The number of pyridine rings is 1. The summed E-state index contributed by atoms with van der Waals surface area (Å²) in [6.07, 6.45) is 6.85. The Morgan fingerprint density at radius 2 is 1.93 bits per heavy atom. The van der Waals surface area contributed by atoms with Crippen LogP contribution in [0.3, 0.4) is 0 Å². The zero-order valence-corrected chi connectivity index (χ0v) is 17.5. The number of aliphatic hydroxyl groups is 1. The number of ether oxygens (including phenoxy) is 1. The summed E-state index contributed by atoms with van der Waals surface area (Å²) in [7, 11) is 0. The molecular weight excluding hydrogens is 411 g/mol. The van der Waals surface area contributed by atoms with E-state index in [1.165, 1.54) is 19.0 Å². The van der Waals surface area contributed by atoms with Gasteiger partial charge in [-0.25, -0.2) is 4.98 Å². The van der Waals surface area contributed by atoms with Crippen LogP contribution in [0.2, 0.25) is 10.0 Å². The molecule has 7 heteroatoms. The second kappa shape index (κ2) is 8.90. The molecule has 2 atom stereocenters. The number of nitrogens with one attached hydrogen (secondary N) is 1. The Kier molecular flexibility index (Phi) is 6.28. The lowest BCUT2D eigenvalue weighted by atomic mass is 9.92. The highest BCUT2D eigenvalue weighted by molar-refractivity contribution is 6.42. The van der Waals surface area contributed by atoms with Gasteiger partial charge in [-0.1, -0.05) is 42.1 Å². The van der Waals surface area contributed by atoms with Crippen molar-refractivity contribution in [3.63, 3.8) is 0 Å². The summed E-state index contributed by atoms with van der Waals surface area (Å²) in [5.74, 6) is 0.803. The van der Waals surface area contributed by atoms with Crippen LogP contribution in [-0.4, -0.2) is 34.8 Å². The Morgan fingerprint density at radius 1 is 1.14 bits per heavy atom. The molecule has 0 bridgehead atoms. The van der Waals surface area contributed by atoms with Gasteiger partial charge in [0.15, 0.2) is 0 Å². The van der Waals surface area contributed by atoms with Gasteiger partial charge >= 0.3 is 0 Å². The lowest BCUT2D eigenvalue weighted by molar-refractivity contribution is 0.0717. The summed E-state index contributed by atoms with van der Waals surface area (Å²) >= 11 is 12.3. The number of carbonyl (C=O) groups excluding carboxylic acids is 1. The molecule has 0 saturated heterocycles. The van der Waals surface area contributed by atoms with Crippen molar-refractivity contribution in [3.05, 3.63) is 46.1 Å². The standard InChI is InChI=1S/C22H24Cl2N2O3/c23-17-8-7-14(10-18(17)24)16-9-15(11-25-22(16)29-12-13-5-6-13)21(28)26-19-3-1-2-4-20(19)27/h7-11,13,19-20,27H,1-6,12H2,(H,26,28). The summed E-state index contributed by atoms with van der Waals surface area (Å²) in [5, 5.41) is 14.0. The number of aliphatic hydroxyl groups excluding tert-OH is 1. The van der Waals surface area contributed by atoms with Crippen molar-refractivity contribution in [2.24, 2.45) is 5.92 Å². The van der Waals surface area contributed by atoms with Crippen LogP contribution in [0.5, 0.6) is 5.88 Å². The number of benzene rings is 1. The first-order chi connectivity index (χ1) is 14.0. The molecule has 1 amide bonds. The van der Waals surface area contributed by atoms with E-state index in [4.69, 9.17) is 27.9 Å². The third-order valence-corrected chi connectivity index (χ3v) is 6.28. The largest absolute Gasteiger partial charge is 0.477 e.